The highest BCUT2D eigenvalue weighted by Gasteiger charge is 2.35. The third-order valence-electron chi connectivity index (χ3n) is 6.00. The van der Waals surface area contributed by atoms with Crippen molar-refractivity contribution in [3.05, 3.63) is 64.7 Å². The summed E-state index contributed by atoms with van der Waals surface area (Å²) in [6, 6.07) is 14.4. The Bertz CT molecular complexity index is 846. The largest absolute Gasteiger partial charge is 0.335 e. The third kappa shape index (κ3) is 4.07. The van der Waals surface area contributed by atoms with E-state index in [4.69, 9.17) is 11.6 Å². The molecule has 1 saturated carbocycles. The van der Waals surface area contributed by atoms with Crippen molar-refractivity contribution >= 4 is 29.1 Å². The van der Waals surface area contributed by atoms with Crippen LogP contribution in [0.15, 0.2) is 48.5 Å². The van der Waals surface area contributed by atoms with Gasteiger partial charge in [0.15, 0.2) is 0 Å². The Morgan fingerprint density at radius 1 is 0.857 bits per heavy atom. The smallest absolute Gasteiger partial charge is 0.255 e. The van der Waals surface area contributed by atoms with Crippen LogP contribution in [0.2, 0.25) is 5.02 Å². The summed E-state index contributed by atoms with van der Waals surface area (Å²) in [6.07, 6.45) is 7.26. The van der Waals surface area contributed by atoms with Gasteiger partial charge in [-0.1, -0.05) is 24.4 Å². The van der Waals surface area contributed by atoms with Gasteiger partial charge in [0.25, 0.3) is 11.8 Å². The number of likely N-dealkylation sites (tertiary alicyclic amines) is 1. The molecule has 28 heavy (non-hydrogen) atoms. The van der Waals surface area contributed by atoms with Crippen molar-refractivity contribution < 1.29 is 9.59 Å². The van der Waals surface area contributed by atoms with Crippen LogP contribution in [0.5, 0.6) is 0 Å². The van der Waals surface area contributed by atoms with E-state index in [2.05, 4.69) is 10.2 Å². The molecule has 1 saturated heterocycles. The minimum atomic E-state index is -0.197. The number of rotatable bonds is 3. The maximum Gasteiger partial charge on any atom is 0.255 e. The average molecular weight is 397 g/mol. The van der Waals surface area contributed by atoms with Gasteiger partial charge in [-0.2, -0.15) is 0 Å². The van der Waals surface area contributed by atoms with Crippen molar-refractivity contribution in [2.45, 2.75) is 44.6 Å². The van der Waals surface area contributed by atoms with E-state index in [0.29, 0.717) is 33.8 Å². The number of nitrogens with zero attached hydrogens (tertiary/aromatic N) is 1. The second kappa shape index (κ2) is 8.36. The number of nitrogens with one attached hydrogen (secondary N) is 1. The number of benzene rings is 2. The van der Waals surface area contributed by atoms with Gasteiger partial charge >= 0.3 is 0 Å². The fourth-order valence-electron chi connectivity index (χ4n) is 4.54. The van der Waals surface area contributed by atoms with Crippen LogP contribution >= 0.6 is 11.6 Å². The Morgan fingerprint density at radius 3 is 2.25 bits per heavy atom. The molecular weight excluding hydrogens is 372 g/mol. The van der Waals surface area contributed by atoms with Crippen molar-refractivity contribution in [2.75, 3.05) is 11.9 Å². The van der Waals surface area contributed by atoms with Crippen LogP contribution in [0.4, 0.5) is 5.69 Å². The van der Waals surface area contributed by atoms with E-state index in [1.165, 1.54) is 25.7 Å². The van der Waals surface area contributed by atoms with Crippen LogP contribution in [0.3, 0.4) is 0 Å². The minimum absolute atomic E-state index is 0.118. The highest BCUT2D eigenvalue weighted by atomic mass is 35.5. The number of hydrogen-bond donors (Lipinski definition) is 1. The van der Waals surface area contributed by atoms with E-state index in [9.17, 15) is 9.59 Å². The van der Waals surface area contributed by atoms with Crippen LogP contribution < -0.4 is 5.32 Å². The molecular formula is C23H25ClN2O2. The summed E-state index contributed by atoms with van der Waals surface area (Å²) in [5.74, 6) is 0.591. The van der Waals surface area contributed by atoms with Gasteiger partial charge in [-0.05, 0) is 80.1 Å². The Labute approximate surface area is 170 Å². The van der Waals surface area contributed by atoms with Gasteiger partial charge in [0.2, 0.25) is 0 Å². The molecule has 0 aromatic heterocycles. The molecule has 5 heteroatoms. The maximum absolute atomic E-state index is 13.1. The molecule has 0 radical (unpaired) electrons. The lowest BCUT2D eigenvalue weighted by atomic mass is 9.78. The predicted octanol–water partition coefficient (Wildman–Crippen LogP) is 5.39. The summed E-state index contributed by atoms with van der Waals surface area (Å²) >= 11 is 5.86. The third-order valence-corrected chi connectivity index (χ3v) is 6.25. The fourth-order valence-corrected chi connectivity index (χ4v) is 4.67. The summed E-state index contributed by atoms with van der Waals surface area (Å²) in [7, 11) is 0. The summed E-state index contributed by atoms with van der Waals surface area (Å²) in [4.78, 5) is 27.5. The van der Waals surface area contributed by atoms with Crippen LogP contribution in [0.25, 0.3) is 0 Å². The zero-order valence-corrected chi connectivity index (χ0v) is 16.6. The lowest BCUT2D eigenvalue weighted by molar-refractivity contribution is 0.0390. The molecule has 0 unspecified atom stereocenters. The standard InChI is InChI=1S/C23H25ClN2O2/c24-19-11-7-17(8-12-19)22(27)25-20-13-9-18(10-14-20)23(28)26-15-3-5-16-4-1-2-6-21(16)26/h7-14,16,21H,1-6,15H2,(H,25,27)/t16-,21-/m0/s1. The van der Waals surface area contributed by atoms with E-state index >= 15 is 0 Å². The Hall–Kier alpha value is -2.33. The highest BCUT2D eigenvalue weighted by Crippen LogP contribution is 2.36. The molecule has 0 bridgehead atoms. The Kier molecular flexibility index (Phi) is 5.67. The average Bonchev–Trinajstić information content (AvgIpc) is 2.74. The molecule has 2 fully saturated rings. The topological polar surface area (TPSA) is 49.4 Å². The summed E-state index contributed by atoms with van der Waals surface area (Å²) in [6.45, 7) is 0.856. The van der Waals surface area contributed by atoms with Gasteiger partial charge in [-0.15, -0.1) is 0 Å². The van der Waals surface area contributed by atoms with Gasteiger partial charge in [0, 0.05) is 34.4 Å². The van der Waals surface area contributed by atoms with Crippen LogP contribution in [0.1, 0.15) is 59.2 Å². The zero-order chi connectivity index (χ0) is 19.5. The van der Waals surface area contributed by atoms with Crippen molar-refractivity contribution in [3.8, 4) is 0 Å². The minimum Gasteiger partial charge on any atom is -0.335 e. The van der Waals surface area contributed by atoms with Crippen LogP contribution in [-0.2, 0) is 0 Å². The molecule has 1 N–H and O–H groups in total. The summed E-state index contributed by atoms with van der Waals surface area (Å²) in [5, 5.41) is 3.46. The molecule has 1 heterocycles. The van der Waals surface area contributed by atoms with Crippen LogP contribution in [-0.4, -0.2) is 29.3 Å². The van der Waals surface area contributed by atoms with E-state index in [-0.39, 0.29) is 11.8 Å². The van der Waals surface area contributed by atoms with Crippen molar-refractivity contribution in [1.29, 1.82) is 0 Å². The number of amides is 2. The number of hydrogen-bond acceptors (Lipinski definition) is 2. The molecule has 4 rings (SSSR count). The van der Waals surface area contributed by atoms with Crippen molar-refractivity contribution in [2.24, 2.45) is 5.92 Å². The first-order chi connectivity index (χ1) is 13.6. The quantitative estimate of drug-likeness (QED) is 0.756. The van der Waals surface area contributed by atoms with Gasteiger partial charge in [0.1, 0.15) is 0 Å². The van der Waals surface area contributed by atoms with E-state index in [1.807, 2.05) is 12.1 Å². The molecule has 4 nitrogen and oxygen atoms in total. The first kappa shape index (κ1) is 19.0. The highest BCUT2D eigenvalue weighted by molar-refractivity contribution is 6.30. The predicted molar refractivity (Wildman–Crippen MR) is 112 cm³/mol. The molecule has 1 aliphatic heterocycles. The lowest BCUT2D eigenvalue weighted by Gasteiger charge is -2.44. The Morgan fingerprint density at radius 2 is 1.50 bits per heavy atom. The summed E-state index contributed by atoms with van der Waals surface area (Å²) < 4.78 is 0. The van der Waals surface area contributed by atoms with E-state index < -0.39 is 0 Å². The summed E-state index contributed by atoms with van der Waals surface area (Å²) in [5.41, 5.74) is 1.91. The first-order valence-corrected chi connectivity index (χ1v) is 10.5. The SMILES string of the molecule is O=C(Nc1ccc(C(=O)N2CCC[C@@H]3CCCC[C@@H]32)cc1)c1ccc(Cl)cc1. The van der Waals surface area contributed by atoms with Gasteiger partial charge < -0.3 is 10.2 Å². The van der Waals surface area contributed by atoms with Gasteiger partial charge in [-0.25, -0.2) is 0 Å². The molecule has 1 aliphatic carbocycles. The Balaban J connectivity index is 1.43. The van der Waals surface area contributed by atoms with Crippen molar-refractivity contribution in [3.63, 3.8) is 0 Å². The molecule has 2 amide bonds. The fraction of sp³-hybridized carbons (Fsp3) is 0.391. The number of anilines is 1. The normalized spacial score (nSPS) is 21.7. The zero-order valence-electron chi connectivity index (χ0n) is 15.9. The number of fused-ring (bicyclic) bond motifs is 1. The first-order valence-electron chi connectivity index (χ1n) is 10.1. The van der Waals surface area contributed by atoms with E-state index in [1.54, 1.807) is 36.4 Å². The van der Waals surface area contributed by atoms with Gasteiger partial charge in [-0.3, -0.25) is 9.59 Å². The maximum atomic E-state index is 13.1. The lowest BCUT2D eigenvalue weighted by Crippen LogP contribution is -2.49. The molecule has 0 spiro atoms. The molecule has 2 aromatic carbocycles. The van der Waals surface area contributed by atoms with E-state index in [0.717, 1.165) is 19.4 Å². The molecule has 2 aliphatic rings. The molecule has 2 atom stereocenters. The van der Waals surface area contributed by atoms with Crippen LogP contribution in [0, 0.1) is 5.92 Å². The van der Waals surface area contributed by atoms with Gasteiger partial charge in [0.05, 0.1) is 0 Å². The molecule has 146 valence electrons. The monoisotopic (exact) mass is 396 g/mol. The number of halogens is 1. The molecule has 2 aromatic rings. The number of carbonyl (C=O) groups is 2. The number of piperidine rings is 1. The van der Waals surface area contributed by atoms with Crippen molar-refractivity contribution in [1.82, 2.24) is 4.90 Å². The second-order valence-electron chi connectivity index (χ2n) is 7.79. The number of carbonyl (C=O) groups excluding carboxylic acids is 2. The second-order valence-corrected chi connectivity index (χ2v) is 8.23.